The smallest absolute Gasteiger partial charge is 0.222 e. The number of rotatable bonds is 4. The highest BCUT2D eigenvalue weighted by atomic mass is 16.3. The van der Waals surface area contributed by atoms with E-state index in [0.717, 1.165) is 26.1 Å². The van der Waals surface area contributed by atoms with Gasteiger partial charge in [0.15, 0.2) is 0 Å². The lowest BCUT2D eigenvalue weighted by Gasteiger charge is -2.40. The van der Waals surface area contributed by atoms with Crippen molar-refractivity contribution in [1.82, 2.24) is 9.80 Å². The number of carbonyl (C=O) groups is 1. The molecule has 1 aromatic carbocycles. The molecule has 1 fully saturated rings. The summed E-state index contributed by atoms with van der Waals surface area (Å²) in [5.74, 6) is 0.0799. The van der Waals surface area contributed by atoms with E-state index in [-0.39, 0.29) is 12.5 Å². The van der Waals surface area contributed by atoms with E-state index in [9.17, 15) is 15.0 Å². The average molecular weight is 318 g/mol. The zero-order valence-corrected chi connectivity index (χ0v) is 13.7. The molecule has 2 atom stereocenters. The number of likely N-dealkylation sites (tertiary alicyclic amines) is 1. The summed E-state index contributed by atoms with van der Waals surface area (Å²) in [7, 11) is 0. The minimum absolute atomic E-state index is 0.0799. The zero-order chi connectivity index (χ0) is 16.4. The second-order valence-corrected chi connectivity index (χ2v) is 7.05. The largest absolute Gasteiger partial charge is 0.388 e. The first kappa shape index (κ1) is 16.4. The van der Waals surface area contributed by atoms with Crippen molar-refractivity contribution in [2.45, 2.75) is 51.0 Å². The predicted octanol–water partition coefficient (Wildman–Crippen LogP) is 1.13. The van der Waals surface area contributed by atoms with Gasteiger partial charge in [0.25, 0.3) is 0 Å². The molecule has 0 radical (unpaired) electrons. The highest BCUT2D eigenvalue weighted by Crippen LogP contribution is 2.24. The second kappa shape index (κ2) is 6.59. The van der Waals surface area contributed by atoms with Gasteiger partial charge in [0.1, 0.15) is 0 Å². The van der Waals surface area contributed by atoms with E-state index in [1.54, 1.807) is 11.8 Å². The van der Waals surface area contributed by atoms with Crippen LogP contribution in [-0.2, 0) is 17.9 Å². The van der Waals surface area contributed by atoms with Crippen LogP contribution in [0.1, 0.15) is 37.3 Å². The van der Waals surface area contributed by atoms with Crippen molar-refractivity contribution < 1.29 is 15.0 Å². The van der Waals surface area contributed by atoms with Crippen LogP contribution in [0.2, 0.25) is 0 Å². The van der Waals surface area contributed by atoms with Crippen LogP contribution in [0.15, 0.2) is 24.3 Å². The van der Waals surface area contributed by atoms with Crippen LogP contribution < -0.4 is 0 Å². The van der Waals surface area contributed by atoms with Gasteiger partial charge in [-0.15, -0.1) is 0 Å². The molecule has 5 nitrogen and oxygen atoms in total. The van der Waals surface area contributed by atoms with Crippen molar-refractivity contribution in [3.05, 3.63) is 35.4 Å². The van der Waals surface area contributed by atoms with Gasteiger partial charge in [0, 0.05) is 32.6 Å². The molecule has 2 N–H and O–H groups in total. The number of piperidine rings is 1. The van der Waals surface area contributed by atoms with E-state index in [1.165, 1.54) is 11.1 Å². The number of carbonyl (C=O) groups excluding carboxylic acids is 1. The number of benzene rings is 1. The van der Waals surface area contributed by atoms with Crippen LogP contribution in [0.4, 0.5) is 0 Å². The Labute approximate surface area is 137 Å². The monoisotopic (exact) mass is 318 g/mol. The molecule has 2 heterocycles. The Morgan fingerprint density at radius 3 is 2.57 bits per heavy atom. The normalized spacial score (nSPS) is 28.0. The fourth-order valence-electron chi connectivity index (χ4n) is 3.42. The Morgan fingerprint density at radius 1 is 1.30 bits per heavy atom. The van der Waals surface area contributed by atoms with E-state index in [2.05, 4.69) is 29.2 Å². The number of amides is 1. The lowest BCUT2D eigenvalue weighted by molar-refractivity contribution is -0.146. The summed E-state index contributed by atoms with van der Waals surface area (Å²) in [5, 5.41) is 19.9. The second-order valence-electron chi connectivity index (χ2n) is 7.05. The lowest BCUT2D eigenvalue weighted by atomic mass is 9.90. The van der Waals surface area contributed by atoms with E-state index in [1.807, 2.05) is 0 Å². The number of aliphatic hydroxyl groups excluding tert-OH is 1. The van der Waals surface area contributed by atoms with Crippen LogP contribution in [-0.4, -0.2) is 57.3 Å². The average Bonchev–Trinajstić information content (AvgIpc) is 2.92. The summed E-state index contributed by atoms with van der Waals surface area (Å²) < 4.78 is 0. The predicted molar refractivity (Wildman–Crippen MR) is 87.6 cm³/mol. The summed E-state index contributed by atoms with van der Waals surface area (Å²) in [6, 6.07) is 8.48. The highest BCUT2D eigenvalue weighted by molar-refractivity contribution is 5.76. The molecule has 23 heavy (non-hydrogen) atoms. The molecular weight excluding hydrogens is 292 g/mol. The summed E-state index contributed by atoms with van der Waals surface area (Å²) >= 11 is 0. The van der Waals surface area contributed by atoms with E-state index in [4.69, 9.17) is 0 Å². The Morgan fingerprint density at radius 2 is 1.96 bits per heavy atom. The maximum Gasteiger partial charge on any atom is 0.222 e. The highest BCUT2D eigenvalue weighted by Gasteiger charge is 2.37. The van der Waals surface area contributed by atoms with Gasteiger partial charge >= 0.3 is 0 Å². The number of nitrogens with zero attached hydrogens (tertiary/aromatic N) is 2. The van der Waals surface area contributed by atoms with Gasteiger partial charge in [0.05, 0.1) is 11.7 Å². The molecule has 3 rings (SSSR count). The maximum atomic E-state index is 12.3. The molecule has 1 aromatic rings. The maximum absolute atomic E-state index is 12.3. The van der Waals surface area contributed by atoms with Gasteiger partial charge in [-0.1, -0.05) is 24.3 Å². The number of β-amino-alcohol motifs (C(OH)–C–C–N with tert-alkyl or cyclic N) is 1. The zero-order valence-electron chi connectivity index (χ0n) is 13.7. The van der Waals surface area contributed by atoms with Crippen molar-refractivity contribution >= 4 is 5.91 Å². The SMILES string of the molecule is C[C@@]1(O)CCN(C(=O)CCCN2Cc3ccccc3C2)C[C@@H]1O. The van der Waals surface area contributed by atoms with Crippen molar-refractivity contribution in [3.8, 4) is 0 Å². The summed E-state index contributed by atoms with van der Waals surface area (Å²) in [6.07, 6.45) is 0.909. The first-order chi connectivity index (χ1) is 11.0. The third kappa shape index (κ3) is 3.74. The fourth-order valence-corrected chi connectivity index (χ4v) is 3.42. The van der Waals surface area contributed by atoms with E-state index >= 15 is 0 Å². The molecule has 0 aliphatic carbocycles. The Balaban J connectivity index is 1.41. The first-order valence-electron chi connectivity index (χ1n) is 8.43. The van der Waals surface area contributed by atoms with Gasteiger partial charge in [-0.05, 0) is 37.4 Å². The minimum Gasteiger partial charge on any atom is -0.388 e. The van der Waals surface area contributed by atoms with Crippen LogP contribution in [0.5, 0.6) is 0 Å². The third-order valence-electron chi connectivity index (χ3n) is 5.12. The molecule has 5 heteroatoms. The minimum atomic E-state index is -1.07. The molecule has 2 aliphatic rings. The standard InChI is InChI=1S/C18H26N2O3/c1-18(23)8-10-20(13-16(18)21)17(22)7-4-9-19-11-14-5-2-3-6-15(14)12-19/h2-3,5-6,16,21,23H,4,7-13H2,1H3/t16-,18+/m0/s1. The molecule has 0 aromatic heterocycles. The Bertz CT molecular complexity index is 548. The first-order valence-corrected chi connectivity index (χ1v) is 8.43. The van der Waals surface area contributed by atoms with Crippen LogP contribution in [0, 0.1) is 0 Å². The van der Waals surface area contributed by atoms with Gasteiger partial charge in [-0.3, -0.25) is 9.69 Å². The molecule has 0 saturated carbocycles. The van der Waals surface area contributed by atoms with Crippen molar-refractivity contribution in [2.24, 2.45) is 0 Å². The fraction of sp³-hybridized carbons (Fsp3) is 0.611. The van der Waals surface area contributed by atoms with E-state index in [0.29, 0.717) is 19.4 Å². The van der Waals surface area contributed by atoms with Crippen molar-refractivity contribution in [1.29, 1.82) is 0 Å². The molecule has 0 unspecified atom stereocenters. The van der Waals surface area contributed by atoms with Crippen LogP contribution in [0.3, 0.4) is 0 Å². The number of fused-ring (bicyclic) bond motifs is 1. The van der Waals surface area contributed by atoms with Gasteiger partial charge < -0.3 is 15.1 Å². The molecule has 1 saturated heterocycles. The van der Waals surface area contributed by atoms with Crippen molar-refractivity contribution in [3.63, 3.8) is 0 Å². The summed E-state index contributed by atoms with van der Waals surface area (Å²) in [5.41, 5.74) is 1.71. The topological polar surface area (TPSA) is 64.0 Å². The van der Waals surface area contributed by atoms with Crippen molar-refractivity contribution in [2.75, 3.05) is 19.6 Å². The number of hydrogen-bond donors (Lipinski definition) is 2. The van der Waals surface area contributed by atoms with Crippen LogP contribution >= 0.6 is 0 Å². The molecular formula is C18H26N2O3. The van der Waals surface area contributed by atoms with E-state index < -0.39 is 11.7 Å². The van der Waals surface area contributed by atoms with Gasteiger partial charge in [0.2, 0.25) is 5.91 Å². The molecule has 0 spiro atoms. The molecule has 126 valence electrons. The summed E-state index contributed by atoms with van der Waals surface area (Å²) in [4.78, 5) is 16.3. The summed E-state index contributed by atoms with van der Waals surface area (Å²) in [6.45, 7) is 5.24. The molecule has 2 aliphatic heterocycles. The van der Waals surface area contributed by atoms with Gasteiger partial charge in [-0.25, -0.2) is 0 Å². The molecule has 0 bridgehead atoms. The quantitative estimate of drug-likeness (QED) is 0.873. The molecule has 1 amide bonds. The Hall–Kier alpha value is -1.43. The van der Waals surface area contributed by atoms with Gasteiger partial charge in [-0.2, -0.15) is 0 Å². The number of hydrogen-bond acceptors (Lipinski definition) is 4. The number of aliphatic hydroxyl groups is 2. The Kier molecular flexibility index (Phi) is 4.71. The lowest BCUT2D eigenvalue weighted by Crippen LogP contribution is -2.55. The third-order valence-corrected chi connectivity index (χ3v) is 5.12. The van der Waals surface area contributed by atoms with Crippen LogP contribution in [0.25, 0.3) is 0 Å².